The number of methoxy groups -OCH3 is 2. The minimum atomic E-state index is -1.00. The Labute approximate surface area is 202 Å². The average molecular weight is 470 g/mol. The van der Waals surface area contributed by atoms with Gasteiger partial charge in [-0.2, -0.15) is 0 Å². The van der Waals surface area contributed by atoms with E-state index in [1.165, 1.54) is 6.42 Å². The molecular weight excluding hydrogens is 430 g/mol. The Hall–Kier alpha value is -2.70. The lowest BCUT2D eigenvalue weighted by molar-refractivity contribution is -0.134. The maximum Gasteiger partial charge on any atom is 0.271 e. The van der Waals surface area contributed by atoms with Gasteiger partial charge in [0.2, 0.25) is 5.91 Å². The molecule has 1 aliphatic carbocycles. The maximum atomic E-state index is 13.9. The highest BCUT2D eigenvalue weighted by atomic mass is 16.5. The van der Waals surface area contributed by atoms with Gasteiger partial charge in [0, 0.05) is 18.0 Å². The zero-order chi connectivity index (χ0) is 24.6. The fraction of sp³-hybridized carbons (Fsp3) is 0.630. The van der Waals surface area contributed by atoms with Gasteiger partial charge >= 0.3 is 0 Å². The summed E-state index contributed by atoms with van der Waals surface area (Å²) in [6.45, 7) is 9.42. The lowest BCUT2D eigenvalue weighted by Crippen LogP contribution is -2.65. The normalized spacial score (nSPS) is 26.9. The molecule has 0 saturated heterocycles. The Balaban J connectivity index is 1.78. The van der Waals surface area contributed by atoms with Gasteiger partial charge in [0.05, 0.1) is 26.3 Å². The smallest absolute Gasteiger partial charge is 0.271 e. The number of aromatic nitrogens is 1. The van der Waals surface area contributed by atoms with E-state index in [1.54, 1.807) is 19.1 Å². The Bertz CT molecular complexity index is 1080. The molecule has 1 saturated carbocycles. The fourth-order valence-electron chi connectivity index (χ4n) is 5.73. The number of ether oxygens (including phenoxy) is 2. The van der Waals surface area contributed by atoms with Gasteiger partial charge in [-0.1, -0.05) is 40.0 Å². The minimum Gasteiger partial charge on any atom is -0.496 e. The van der Waals surface area contributed by atoms with Crippen molar-refractivity contribution in [2.45, 2.75) is 77.9 Å². The zero-order valence-corrected chi connectivity index (χ0v) is 21.4. The lowest BCUT2D eigenvalue weighted by Gasteiger charge is -2.45. The quantitative estimate of drug-likeness (QED) is 0.643. The molecule has 0 spiro atoms. The number of rotatable bonds is 7. The molecule has 2 aliphatic rings. The molecule has 1 aromatic heterocycles. The third-order valence-electron chi connectivity index (χ3n) is 8.20. The van der Waals surface area contributed by atoms with Crippen molar-refractivity contribution in [3.63, 3.8) is 0 Å². The summed E-state index contributed by atoms with van der Waals surface area (Å²) in [4.78, 5) is 29.6. The van der Waals surface area contributed by atoms with Crippen LogP contribution in [0.3, 0.4) is 0 Å². The molecular formula is C27H39N3O4. The number of nitrogens with one attached hydrogen (secondary N) is 1. The van der Waals surface area contributed by atoms with Crippen LogP contribution in [-0.4, -0.2) is 53.6 Å². The number of nitrogens with zero attached hydrogens (tertiary/aromatic N) is 2. The molecule has 4 atom stereocenters. The van der Waals surface area contributed by atoms with Gasteiger partial charge in [0.25, 0.3) is 5.91 Å². The molecule has 2 amide bonds. The van der Waals surface area contributed by atoms with E-state index in [4.69, 9.17) is 9.47 Å². The second kappa shape index (κ2) is 9.51. The SMILES string of the molecule is CCCCN1C(=O)c2cc3c(OC)ccc(OC)c3n2C[C@]1(C)C(=O)N[C@@H]1CCC[C@H](C)[C@@H]1C. The highest BCUT2D eigenvalue weighted by Gasteiger charge is 2.48. The number of unbranched alkanes of at least 4 members (excludes halogenated alkanes) is 1. The summed E-state index contributed by atoms with van der Waals surface area (Å²) in [7, 11) is 3.24. The third kappa shape index (κ3) is 3.93. The van der Waals surface area contributed by atoms with E-state index in [0.717, 1.165) is 36.6 Å². The molecule has 1 N–H and O–H groups in total. The Kier molecular flexibility index (Phi) is 6.83. The molecule has 1 fully saturated rings. The summed E-state index contributed by atoms with van der Waals surface area (Å²) in [6.07, 6.45) is 5.10. The maximum absolute atomic E-state index is 13.9. The first-order chi connectivity index (χ1) is 16.3. The molecule has 4 rings (SSSR count). The van der Waals surface area contributed by atoms with E-state index in [-0.39, 0.29) is 17.9 Å². The third-order valence-corrected chi connectivity index (χ3v) is 8.20. The topological polar surface area (TPSA) is 72.8 Å². The fourth-order valence-corrected chi connectivity index (χ4v) is 5.73. The van der Waals surface area contributed by atoms with Crippen LogP contribution in [0, 0.1) is 11.8 Å². The number of hydrogen-bond donors (Lipinski definition) is 1. The molecule has 2 aromatic rings. The minimum absolute atomic E-state index is 0.0720. The molecule has 34 heavy (non-hydrogen) atoms. The largest absolute Gasteiger partial charge is 0.496 e. The van der Waals surface area contributed by atoms with Crippen molar-refractivity contribution in [2.24, 2.45) is 11.8 Å². The van der Waals surface area contributed by atoms with E-state index >= 15 is 0 Å². The first kappa shape index (κ1) is 24.4. The van der Waals surface area contributed by atoms with Crippen molar-refractivity contribution >= 4 is 22.7 Å². The summed E-state index contributed by atoms with van der Waals surface area (Å²) in [5.41, 5.74) is 0.359. The monoisotopic (exact) mass is 469 g/mol. The molecule has 0 bridgehead atoms. The van der Waals surface area contributed by atoms with E-state index < -0.39 is 5.54 Å². The van der Waals surface area contributed by atoms with Crippen LogP contribution < -0.4 is 14.8 Å². The summed E-state index contributed by atoms with van der Waals surface area (Å²) < 4.78 is 13.2. The van der Waals surface area contributed by atoms with Crippen LogP contribution in [0.25, 0.3) is 10.9 Å². The standard InChI is InChI=1S/C27H39N3O4/c1-7-8-14-30-25(31)21-15-19-22(33-5)12-13-23(34-6)24(19)29(21)16-27(30,4)26(32)28-20-11-9-10-17(2)18(20)3/h12-13,15,17-18,20H,7-11,14,16H2,1-6H3,(H,28,32)/t17-,18-,20+,27+/m0/s1. The van der Waals surface area contributed by atoms with Crippen molar-refractivity contribution in [1.29, 1.82) is 0 Å². The van der Waals surface area contributed by atoms with Gasteiger partial charge in [-0.05, 0) is 49.8 Å². The van der Waals surface area contributed by atoms with Crippen LogP contribution in [0.2, 0.25) is 0 Å². The highest BCUT2D eigenvalue weighted by Crippen LogP contribution is 2.40. The summed E-state index contributed by atoms with van der Waals surface area (Å²) in [6, 6.07) is 5.71. The van der Waals surface area contributed by atoms with Crippen molar-refractivity contribution in [3.05, 3.63) is 23.9 Å². The predicted octanol–water partition coefficient (Wildman–Crippen LogP) is 4.61. The average Bonchev–Trinajstić information content (AvgIpc) is 3.20. The number of carbonyl (C=O) groups is 2. The van der Waals surface area contributed by atoms with Crippen molar-refractivity contribution in [3.8, 4) is 11.5 Å². The number of hydrogen-bond acceptors (Lipinski definition) is 4. The second-order valence-corrected chi connectivity index (χ2v) is 10.3. The van der Waals surface area contributed by atoms with Gasteiger partial charge < -0.3 is 24.3 Å². The molecule has 1 aliphatic heterocycles. The van der Waals surface area contributed by atoms with Crippen molar-refractivity contribution in [1.82, 2.24) is 14.8 Å². The first-order valence-corrected chi connectivity index (χ1v) is 12.6. The number of amides is 2. The molecule has 7 heteroatoms. The highest BCUT2D eigenvalue weighted by molar-refractivity contribution is 6.05. The summed E-state index contributed by atoms with van der Waals surface area (Å²) in [5, 5.41) is 4.18. The van der Waals surface area contributed by atoms with E-state index in [2.05, 4.69) is 26.1 Å². The lowest BCUT2D eigenvalue weighted by atomic mass is 9.77. The van der Waals surface area contributed by atoms with Crippen LogP contribution in [0.5, 0.6) is 11.5 Å². The second-order valence-electron chi connectivity index (χ2n) is 10.3. The molecule has 2 heterocycles. The summed E-state index contributed by atoms with van der Waals surface area (Å²) >= 11 is 0. The van der Waals surface area contributed by atoms with Crippen LogP contribution in [-0.2, 0) is 11.3 Å². The number of benzene rings is 1. The van der Waals surface area contributed by atoms with Gasteiger partial charge in [-0.3, -0.25) is 9.59 Å². The first-order valence-electron chi connectivity index (χ1n) is 12.6. The molecule has 0 unspecified atom stereocenters. The zero-order valence-electron chi connectivity index (χ0n) is 21.4. The van der Waals surface area contributed by atoms with Gasteiger partial charge in [-0.15, -0.1) is 0 Å². The van der Waals surface area contributed by atoms with Crippen LogP contribution >= 0.6 is 0 Å². The van der Waals surface area contributed by atoms with Gasteiger partial charge in [0.15, 0.2) is 0 Å². The van der Waals surface area contributed by atoms with Crippen LogP contribution in [0.1, 0.15) is 70.3 Å². The number of carbonyl (C=O) groups excluding carboxylic acids is 2. The van der Waals surface area contributed by atoms with E-state index in [0.29, 0.717) is 42.1 Å². The Morgan fingerprint density at radius 2 is 1.88 bits per heavy atom. The van der Waals surface area contributed by atoms with Gasteiger partial charge in [-0.25, -0.2) is 0 Å². The molecule has 7 nitrogen and oxygen atoms in total. The van der Waals surface area contributed by atoms with E-state index in [1.807, 2.05) is 29.7 Å². The Morgan fingerprint density at radius 1 is 1.18 bits per heavy atom. The van der Waals surface area contributed by atoms with Crippen molar-refractivity contribution in [2.75, 3.05) is 20.8 Å². The van der Waals surface area contributed by atoms with Crippen LogP contribution in [0.15, 0.2) is 18.2 Å². The summed E-state index contributed by atoms with van der Waals surface area (Å²) in [5.74, 6) is 2.14. The van der Waals surface area contributed by atoms with Crippen LogP contribution in [0.4, 0.5) is 0 Å². The van der Waals surface area contributed by atoms with Crippen molar-refractivity contribution < 1.29 is 19.1 Å². The Morgan fingerprint density at radius 3 is 2.56 bits per heavy atom. The number of fused-ring (bicyclic) bond motifs is 3. The van der Waals surface area contributed by atoms with E-state index in [9.17, 15) is 9.59 Å². The predicted molar refractivity (Wildman–Crippen MR) is 134 cm³/mol. The molecule has 0 radical (unpaired) electrons. The molecule has 186 valence electrons. The molecule has 1 aromatic carbocycles. The van der Waals surface area contributed by atoms with Gasteiger partial charge in [0.1, 0.15) is 22.7 Å².